The summed E-state index contributed by atoms with van der Waals surface area (Å²) in [6.07, 6.45) is 9.00. The van der Waals surface area contributed by atoms with Gasteiger partial charge in [0.15, 0.2) is 0 Å². The number of likely N-dealkylation sites (tertiary alicyclic amines) is 1. The summed E-state index contributed by atoms with van der Waals surface area (Å²) in [5.74, 6) is 0.178. The highest BCUT2D eigenvalue weighted by Crippen LogP contribution is 2.38. The lowest BCUT2D eigenvalue weighted by Crippen LogP contribution is -2.49. The maximum absolute atomic E-state index is 13.1. The molecule has 1 aliphatic carbocycles. The molecule has 2 N–H and O–H groups in total. The number of anilines is 2. The molecule has 5 aromatic rings. The van der Waals surface area contributed by atoms with Crippen molar-refractivity contribution in [3.8, 4) is 0 Å². The van der Waals surface area contributed by atoms with Crippen LogP contribution in [0.25, 0.3) is 21.7 Å². The summed E-state index contributed by atoms with van der Waals surface area (Å²) in [5, 5.41) is 12.5. The number of halogens is 3. The predicted octanol–water partition coefficient (Wildman–Crippen LogP) is 6.70. The highest BCUT2D eigenvalue weighted by molar-refractivity contribution is 6.10. The SMILES string of the molecule is O=C1CCN(c2cncc3c(C4CCN(CC5CCC(n6cc7cc(NC(=O)c8cccc(C(F)(F)F)n8)ncc7n6)CC5)CC4)cccc23)C(=O)N1. The van der Waals surface area contributed by atoms with Crippen LogP contribution in [0, 0.1) is 5.92 Å². The molecule has 4 amide bonds. The zero-order valence-corrected chi connectivity index (χ0v) is 28.9. The highest BCUT2D eigenvalue weighted by atomic mass is 19.4. The van der Waals surface area contributed by atoms with Crippen molar-refractivity contribution in [2.45, 2.75) is 63.1 Å². The van der Waals surface area contributed by atoms with Crippen molar-refractivity contribution in [3.63, 3.8) is 0 Å². The molecule has 15 heteroatoms. The molecule has 0 unspecified atom stereocenters. The summed E-state index contributed by atoms with van der Waals surface area (Å²) < 4.78 is 41.1. The van der Waals surface area contributed by atoms with E-state index in [4.69, 9.17) is 5.10 Å². The second kappa shape index (κ2) is 14.2. The monoisotopic (exact) mass is 725 g/mol. The molecule has 4 aromatic heterocycles. The first-order valence-corrected chi connectivity index (χ1v) is 18.0. The van der Waals surface area contributed by atoms with Gasteiger partial charge in [-0.25, -0.2) is 14.8 Å². The summed E-state index contributed by atoms with van der Waals surface area (Å²) in [6.45, 7) is 3.44. The van der Waals surface area contributed by atoms with Gasteiger partial charge in [0.2, 0.25) is 5.91 Å². The van der Waals surface area contributed by atoms with E-state index in [0.29, 0.717) is 23.9 Å². The van der Waals surface area contributed by atoms with Crippen LogP contribution in [0.15, 0.2) is 67.3 Å². The number of nitrogens with zero attached hydrogens (tertiary/aromatic N) is 7. The maximum Gasteiger partial charge on any atom is 0.433 e. The summed E-state index contributed by atoms with van der Waals surface area (Å²) in [4.78, 5) is 53.3. The molecule has 53 heavy (non-hydrogen) atoms. The molecule has 0 bridgehead atoms. The topological polar surface area (TPSA) is 138 Å². The van der Waals surface area contributed by atoms with E-state index < -0.39 is 23.8 Å². The summed E-state index contributed by atoms with van der Waals surface area (Å²) in [5.41, 5.74) is 1.19. The molecular formula is C38H38F3N9O3. The van der Waals surface area contributed by atoms with Gasteiger partial charge in [-0.05, 0) is 87.2 Å². The van der Waals surface area contributed by atoms with Crippen molar-refractivity contribution in [2.24, 2.45) is 5.92 Å². The normalized spacial score (nSPS) is 20.5. The summed E-state index contributed by atoms with van der Waals surface area (Å²) >= 11 is 0. The lowest BCUT2D eigenvalue weighted by molar-refractivity contribution is -0.141. The van der Waals surface area contributed by atoms with Crippen molar-refractivity contribution >= 4 is 51.0 Å². The lowest BCUT2D eigenvalue weighted by Gasteiger charge is -2.37. The number of amides is 4. The third-order valence-electron chi connectivity index (χ3n) is 10.8. The smallest absolute Gasteiger partial charge is 0.305 e. The Morgan fingerprint density at radius 3 is 2.49 bits per heavy atom. The second-order valence-electron chi connectivity index (χ2n) is 14.2. The quantitative estimate of drug-likeness (QED) is 0.189. The van der Waals surface area contributed by atoms with Crippen LogP contribution in [0.4, 0.5) is 29.5 Å². The van der Waals surface area contributed by atoms with Gasteiger partial charge in [0, 0.05) is 48.1 Å². The Balaban J connectivity index is 0.845. The molecule has 1 aromatic carbocycles. The Labute approximate surface area is 302 Å². The van der Waals surface area contributed by atoms with E-state index in [0.717, 1.165) is 92.1 Å². The Bertz CT molecular complexity index is 2190. The first kappa shape index (κ1) is 34.6. The molecule has 0 spiro atoms. The van der Waals surface area contributed by atoms with Crippen LogP contribution in [0.1, 0.15) is 78.7 Å². The van der Waals surface area contributed by atoms with E-state index in [2.05, 4.69) is 42.6 Å². The first-order valence-electron chi connectivity index (χ1n) is 18.0. The number of urea groups is 1. The summed E-state index contributed by atoms with van der Waals surface area (Å²) in [7, 11) is 0. The Kier molecular flexibility index (Phi) is 9.27. The highest BCUT2D eigenvalue weighted by Gasteiger charge is 2.33. The molecule has 3 aliphatic rings. The van der Waals surface area contributed by atoms with E-state index in [9.17, 15) is 27.6 Å². The van der Waals surface area contributed by atoms with Crippen LogP contribution >= 0.6 is 0 Å². The van der Waals surface area contributed by atoms with Crippen LogP contribution in [-0.2, 0) is 11.0 Å². The number of carbonyl (C=O) groups is 3. The van der Waals surface area contributed by atoms with Crippen LogP contribution in [0.3, 0.4) is 0 Å². The molecule has 0 atom stereocenters. The number of imide groups is 1. The van der Waals surface area contributed by atoms with Crippen LogP contribution < -0.4 is 15.5 Å². The molecule has 2 saturated heterocycles. The van der Waals surface area contributed by atoms with Gasteiger partial charge in [0.05, 0.1) is 24.1 Å². The number of carbonyl (C=O) groups excluding carboxylic acids is 3. The van der Waals surface area contributed by atoms with Crippen LogP contribution in [0.2, 0.25) is 0 Å². The van der Waals surface area contributed by atoms with E-state index in [1.807, 2.05) is 23.1 Å². The van der Waals surface area contributed by atoms with Crippen LogP contribution in [0.5, 0.6) is 0 Å². The first-order chi connectivity index (χ1) is 25.6. The Morgan fingerprint density at radius 2 is 1.72 bits per heavy atom. The number of piperidine rings is 1. The molecule has 274 valence electrons. The third-order valence-corrected chi connectivity index (χ3v) is 10.8. The molecule has 0 radical (unpaired) electrons. The number of aromatic nitrogens is 5. The van der Waals surface area contributed by atoms with Crippen molar-refractivity contribution in [2.75, 3.05) is 36.4 Å². The van der Waals surface area contributed by atoms with Crippen molar-refractivity contribution in [1.82, 2.24) is 34.9 Å². The molecule has 8 rings (SSSR count). The molecule has 1 saturated carbocycles. The maximum atomic E-state index is 13.1. The lowest BCUT2D eigenvalue weighted by atomic mass is 9.84. The second-order valence-corrected chi connectivity index (χ2v) is 14.2. The molecule has 6 heterocycles. The Hall–Kier alpha value is -5.44. The van der Waals surface area contributed by atoms with Crippen molar-refractivity contribution in [3.05, 3.63) is 84.2 Å². The van der Waals surface area contributed by atoms with Gasteiger partial charge >= 0.3 is 12.2 Å². The van der Waals surface area contributed by atoms with Gasteiger partial charge in [-0.15, -0.1) is 0 Å². The number of pyridine rings is 3. The fourth-order valence-electron chi connectivity index (χ4n) is 8.05. The van der Waals surface area contributed by atoms with E-state index in [1.54, 1.807) is 23.4 Å². The fourth-order valence-corrected chi connectivity index (χ4v) is 8.05. The number of rotatable bonds is 7. The number of benzene rings is 1. The van der Waals surface area contributed by atoms with Crippen molar-refractivity contribution < 1.29 is 27.6 Å². The van der Waals surface area contributed by atoms with Gasteiger partial charge in [0.25, 0.3) is 5.91 Å². The van der Waals surface area contributed by atoms with Gasteiger partial charge in [-0.2, -0.15) is 18.3 Å². The zero-order chi connectivity index (χ0) is 36.7. The number of fused-ring (bicyclic) bond motifs is 2. The average Bonchev–Trinajstić information content (AvgIpc) is 3.58. The minimum atomic E-state index is -4.65. The third kappa shape index (κ3) is 7.30. The van der Waals surface area contributed by atoms with Gasteiger partial charge in [-0.1, -0.05) is 24.3 Å². The minimum absolute atomic E-state index is 0.209. The Morgan fingerprint density at radius 1 is 0.925 bits per heavy atom. The zero-order valence-electron chi connectivity index (χ0n) is 28.9. The molecule has 12 nitrogen and oxygen atoms in total. The van der Waals surface area contributed by atoms with Crippen LogP contribution in [-0.4, -0.2) is 73.7 Å². The largest absolute Gasteiger partial charge is 0.433 e. The predicted molar refractivity (Wildman–Crippen MR) is 191 cm³/mol. The minimum Gasteiger partial charge on any atom is -0.305 e. The van der Waals surface area contributed by atoms with Gasteiger partial charge in [-0.3, -0.25) is 29.5 Å². The van der Waals surface area contributed by atoms with E-state index in [-0.39, 0.29) is 29.9 Å². The summed E-state index contributed by atoms with van der Waals surface area (Å²) in [6, 6.07) is 11.0. The number of hydrogen-bond acceptors (Lipinski definition) is 8. The van der Waals surface area contributed by atoms with Gasteiger partial charge < -0.3 is 10.2 Å². The molecule has 3 fully saturated rings. The van der Waals surface area contributed by atoms with E-state index >= 15 is 0 Å². The van der Waals surface area contributed by atoms with Gasteiger partial charge in [0.1, 0.15) is 22.7 Å². The molecule has 2 aliphatic heterocycles. The standard InChI is InChI=1S/C38H38F3N9O3/c39-38(40,41)33-6-2-5-30(44-33)36(52)45-34-17-25-22-50(47-31(25)19-43-34)26-9-7-23(8-10-26)21-48-14-11-24(12-15-48)27-3-1-4-28-29(27)18-42-20-32(28)49-16-13-35(51)46-37(49)53/h1-6,17-20,22-24,26H,7-16,21H2,(H,45,52)(H,46,51,53). The number of alkyl halides is 3. The molecular weight excluding hydrogens is 687 g/mol. The fraction of sp³-hybridized carbons (Fsp3) is 0.395. The van der Waals surface area contributed by atoms with E-state index in [1.165, 1.54) is 11.6 Å². The average molecular weight is 726 g/mol. The van der Waals surface area contributed by atoms with Crippen molar-refractivity contribution in [1.29, 1.82) is 0 Å². The number of nitrogens with one attached hydrogen (secondary N) is 2. The number of hydrogen-bond donors (Lipinski definition) is 2.